The van der Waals surface area contributed by atoms with E-state index in [1.54, 1.807) is 0 Å². The normalized spacial score (nSPS) is 31.2. The lowest BCUT2D eigenvalue weighted by atomic mass is 10.1. The van der Waals surface area contributed by atoms with E-state index in [1.165, 1.54) is 0 Å². The molecule has 0 aliphatic carbocycles. The van der Waals surface area contributed by atoms with Crippen molar-refractivity contribution >= 4 is 29.9 Å². The summed E-state index contributed by atoms with van der Waals surface area (Å²) in [5.74, 6) is 0.000205. The van der Waals surface area contributed by atoms with Crippen molar-refractivity contribution in [3.63, 3.8) is 0 Å². The van der Waals surface area contributed by atoms with E-state index in [2.05, 4.69) is 10.3 Å². The molecule has 0 aromatic rings. The van der Waals surface area contributed by atoms with Crippen LogP contribution in [-0.4, -0.2) is 63.5 Å². The Morgan fingerprint density at radius 2 is 2.05 bits per heavy atom. The van der Waals surface area contributed by atoms with Crippen LogP contribution in [0.4, 0.5) is 0 Å². The Balaban J connectivity index is 0.00000176. The van der Waals surface area contributed by atoms with E-state index in [4.69, 9.17) is 24.7 Å². The Morgan fingerprint density at radius 3 is 2.77 bits per heavy atom. The van der Waals surface area contributed by atoms with Crippen molar-refractivity contribution < 1.29 is 18.9 Å². The quantitative estimate of drug-likeness (QED) is 0.389. The maximum absolute atomic E-state index is 6.00. The molecule has 0 amide bonds. The maximum Gasteiger partial charge on any atom is 0.188 e. The number of hydrogen-bond acceptors (Lipinski definition) is 5. The molecular formula is C14H26IN3O4. The van der Waals surface area contributed by atoms with Crippen molar-refractivity contribution in [3.8, 4) is 0 Å². The molecule has 3 fully saturated rings. The number of hydrogen-bond donors (Lipinski definition) is 2. The lowest BCUT2D eigenvalue weighted by Gasteiger charge is -2.31. The smallest absolute Gasteiger partial charge is 0.188 e. The summed E-state index contributed by atoms with van der Waals surface area (Å²) < 4.78 is 22.7. The maximum atomic E-state index is 6.00. The molecule has 2 atom stereocenters. The summed E-state index contributed by atoms with van der Waals surface area (Å²) in [5, 5.41) is 3.11. The van der Waals surface area contributed by atoms with Crippen molar-refractivity contribution in [1.29, 1.82) is 0 Å². The number of aliphatic imine (C=N–C) groups is 1. The van der Waals surface area contributed by atoms with Gasteiger partial charge in [-0.3, -0.25) is 4.99 Å². The molecule has 7 nitrogen and oxygen atoms in total. The van der Waals surface area contributed by atoms with Gasteiger partial charge in [0.2, 0.25) is 0 Å². The Labute approximate surface area is 148 Å². The van der Waals surface area contributed by atoms with Gasteiger partial charge in [-0.2, -0.15) is 0 Å². The van der Waals surface area contributed by atoms with E-state index in [9.17, 15) is 0 Å². The zero-order chi connectivity index (χ0) is 14.5. The number of rotatable bonds is 4. The monoisotopic (exact) mass is 427 g/mol. The first kappa shape index (κ1) is 18.2. The molecule has 0 bridgehead atoms. The van der Waals surface area contributed by atoms with Gasteiger partial charge in [-0.1, -0.05) is 0 Å². The fourth-order valence-electron chi connectivity index (χ4n) is 2.93. The third-order valence-electron chi connectivity index (χ3n) is 4.17. The molecule has 3 aliphatic heterocycles. The van der Waals surface area contributed by atoms with Crippen LogP contribution in [-0.2, 0) is 18.9 Å². The third kappa shape index (κ3) is 4.92. The van der Waals surface area contributed by atoms with Crippen LogP contribution < -0.4 is 11.1 Å². The Kier molecular flexibility index (Phi) is 7.13. The Hall–Kier alpha value is -0.160. The van der Waals surface area contributed by atoms with E-state index in [0.717, 1.165) is 38.8 Å². The van der Waals surface area contributed by atoms with Gasteiger partial charge in [0.1, 0.15) is 6.10 Å². The average molecular weight is 427 g/mol. The standard InChI is InChI=1S/C14H25N3O4.HI/c15-13(16-8-11-2-1-5-19-11)17-9-12-10-20-14(21-12)3-6-18-7-4-14;/h11-12H,1-10H2,(H3,15,16,17);1H. The first-order valence-corrected chi connectivity index (χ1v) is 7.81. The Morgan fingerprint density at radius 1 is 1.23 bits per heavy atom. The number of nitrogens with two attached hydrogens (primary N) is 1. The summed E-state index contributed by atoms with van der Waals surface area (Å²) in [6.07, 6.45) is 4.04. The largest absolute Gasteiger partial charge is 0.381 e. The number of halogens is 1. The van der Waals surface area contributed by atoms with E-state index in [1.807, 2.05) is 0 Å². The molecular weight excluding hydrogens is 401 g/mol. The highest BCUT2D eigenvalue weighted by Gasteiger charge is 2.42. The summed E-state index contributed by atoms with van der Waals surface area (Å²) >= 11 is 0. The summed E-state index contributed by atoms with van der Waals surface area (Å²) in [4.78, 5) is 4.34. The number of ether oxygens (including phenoxy) is 4. The van der Waals surface area contributed by atoms with Gasteiger partial charge in [0.25, 0.3) is 0 Å². The van der Waals surface area contributed by atoms with E-state index in [0.29, 0.717) is 32.3 Å². The van der Waals surface area contributed by atoms with Crippen molar-refractivity contribution in [2.75, 3.05) is 39.5 Å². The molecule has 2 unspecified atom stereocenters. The molecule has 128 valence electrons. The molecule has 0 radical (unpaired) electrons. The van der Waals surface area contributed by atoms with Crippen LogP contribution in [0.15, 0.2) is 4.99 Å². The van der Waals surface area contributed by atoms with Crippen LogP contribution in [0.1, 0.15) is 25.7 Å². The topological polar surface area (TPSA) is 87.3 Å². The minimum absolute atomic E-state index is 0. The highest BCUT2D eigenvalue weighted by molar-refractivity contribution is 14.0. The lowest BCUT2D eigenvalue weighted by molar-refractivity contribution is -0.210. The zero-order valence-corrected chi connectivity index (χ0v) is 15.1. The van der Waals surface area contributed by atoms with Crippen molar-refractivity contribution in [1.82, 2.24) is 5.32 Å². The van der Waals surface area contributed by atoms with Gasteiger partial charge in [-0.15, -0.1) is 24.0 Å². The predicted molar refractivity (Wildman–Crippen MR) is 92.5 cm³/mol. The number of nitrogens with one attached hydrogen (secondary N) is 1. The van der Waals surface area contributed by atoms with E-state index < -0.39 is 5.79 Å². The minimum Gasteiger partial charge on any atom is -0.381 e. The zero-order valence-electron chi connectivity index (χ0n) is 12.8. The number of nitrogens with zero attached hydrogens (tertiary/aromatic N) is 1. The minimum atomic E-state index is -0.446. The second-order valence-electron chi connectivity index (χ2n) is 5.82. The van der Waals surface area contributed by atoms with Crippen LogP contribution in [0, 0.1) is 0 Å². The summed E-state index contributed by atoms with van der Waals surface area (Å²) in [5.41, 5.74) is 5.87. The SMILES string of the molecule is I.NC(=NCC1COC2(CCOCC2)O1)NCC1CCCO1. The molecule has 0 aromatic carbocycles. The first-order valence-electron chi connectivity index (χ1n) is 7.81. The molecule has 0 saturated carbocycles. The molecule has 3 rings (SSSR count). The summed E-state index contributed by atoms with van der Waals surface area (Å²) in [6, 6.07) is 0. The fraction of sp³-hybridized carbons (Fsp3) is 0.929. The van der Waals surface area contributed by atoms with Crippen LogP contribution in [0.3, 0.4) is 0 Å². The highest BCUT2D eigenvalue weighted by Crippen LogP contribution is 2.33. The number of guanidine groups is 1. The van der Waals surface area contributed by atoms with E-state index in [-0.39, 0.29) is 36.2 Å². The van der Waals surface area contributed by atoms with Crippen molar-refractivity contribution in [2.24, 2.45) is 10.7 Å². The van der Waals surface area contributed by atoms with Gasteiger partial charge in [-0.25, -0.2) is 0 Å². The summed E-state index contributed by atoms with van der Waals surface area (Å²) in [7, 11) is 0. The molecule has 22 heavy (non-hydrogen) atoms. The molecule has 3 saturated heterocycles. The van der Waals surface area contributed by atoms with Gasteiger partial charge in [0.05, 0.1) is 32.5 Å². The highest BCUT2D eigenvalue weighted by atomic mass is 127. The third-order valence-corrected chi connectivity index (χ3v) is 4.17. The second-order valence-corrected chi connectivity index (χ2v) is 5.82. The van der Waals surface area contributed by atoms with Gasteiger partial charge in [-0.05, 0) is 12.8 Å². The van der Waals surface area contributed by atoms with Gasteiger partial charge in [0, 0.05) is 26.0 Å². The molecule has 1 spiro atoms. The van der Waals surface area contributed by atoms with Crippen LogP contribution in [0.25, 0.3) is 0 Å². The average Bonchev–Trinajstić information content (AvgIpc) is 3.14. The van der Waals surface area contributed by atoms with Gasteiger partial charge >= 0.3 is 0 Å². The lowest BCUT2D eigenvalue weighted by Crippen LogP contribution is -2.39. The molecule has 0 aromatic heterocycles. The van der Waals surface area contributed by atoms with Gasteiger partial charge in [0.15, 0.2) is 11.7 Å². The first-order chi connectivity index (χ1) is 10.3. The predicted octanol–water partition coefficient (Wildman–Crippen LogP) is 0.610. The second kappa shape index (κ2) is 8.62. The molecule has 3 N–H and O–H groups in total. The Bertz CT molecular complexity index is 371. The molecule has 3 aliphatic rings. The fourth-order valence-corrected chi connectivity index (χ4v) is 2.93. The summed E-state index contributed by atoms with van der Waals surface area (Å²) in [6.45, 7) is 4.05. The molecule has 3 heterocycles. The van der Waals surface area contributed by atoms with E-state index >= 15 is 0 Å². The van der Waals surface area contributed by atoms with Crippen LogP contribution in [0.5, 0.6) is 0 Å². The van der Waals surface area contributed by atoms with Crippen molar-refractivity contribution in [3.05, 3.63) is 0 Å². The van der Waals surface area contributed by atoms with Crippen LogP contribution in [0.2, 0.25) is 0 Å². The van der Waals surface area contributed by atoms with Gasteiger partial charge < -0.3 is 30.0 Å². The van der Waals surface area contributed by atoms with Crippen molar-refractivity contribution in [2.45, 2.75) is 43.7 Å². The molecule has 8 heteroatoms. The van der Waals surface area contributed by atoms with Crippen LogP contribution >= 0.6 is 24.0 Å².